The fraction of sp³-hybridized carbons (Fsp3) is 0.250. The van der Waals surface area contributed by atoms with E-state index >= 15 is 0 Å². The predicted octanol–water partition coefficient (Wildman–Crippen LogP) is 3.01. The fourth-order valence-electron chi connectivity index (χ4n) is 5.01. The first-order valence-electron chi connectivity index (χ1n) is 10.2. The summed E-state index contributed by atoms with van der Waals surface area (Å²) in [6.07, 6.45) is 0. The van der Waals surface area contributed by atoms with Crippen LogP contribution in [0.3, 0.4) is 0 Å². The van der Waals surface area contributed by atoms with Crippen LogP contribution in [-0.4, -0.2) is 49.6 Å². The summed E-state index contributed by atoms with van der Waals surface area (Å²) >= 11 is 0. The molecule has 8 heteroatoms. The molecule has 32 heavy (non-hydrogen) atoms. The van der Waals surface area contributed by atoms with Crippen molar-refractivity contribution in [3.63, 3.8) is 0 Å². The summed E-state index contributed by atoms with van der Waals surface area (Å²) < 4.78 is 0. The van der Waals surface area contributed by atoms with Crippen LogP contribution in [0.1, 0.15) is 69.1 Å². The summed E-state index contributed by atoms with van der Waals surface area (Å²) in [4.78, 5) is 55.1. The van der Waals surface area contributed by atoms with Crippen molar-refractivity contribution in [2.45, 2.75) is 38.8 Å². The van der Waals surface area contributed by atoms with Crippen molar-refractivity contribution in [2.24, 2.45) is 0 Å². The number of hydroxylamine groups is 2. The molecule has 0 unspecified atom stereocenters. The normalized spacial score (nSPS) is 21.7. The first kappa shape index (κ1) is 20.3. The zero-order valence-corrected chi connectivity index (χ0v) is 18.0. The molecule has 0 aromatic heterocycles. The van der Waals surface area contributed by atoms with Crippen LogP contribution in [-0.2, 0) is 5.21 Å². The summed E-state index contributed by atoms with van der Waals surface area (Å²) in [5.74, 6) is -2.36. The molecular weight excluding hydrogens is 410 g/mol. The molecule has 3 heterocycles. The van der Waals surface area contributed by atoms with E-state index in [0.717, 1.165) is 14.9 Å². The van der Waals surface area contributed by atoms with Crippen molar-refractivity contribution in [3.8, 4) is 0 Å². The molecule has 8 nitrogen and oxygen atoms in total. The highest BCUT2D eigenvalue weighted by Crippen LogP contribution is 2.50. The summed E-state index contributed by atoms with van der Waals surface area (Å²) in [5.41, 5.74) is -1.82. The smallest absolute Gasteiger partial charge is 0.266 e. The fourth-order valence-corrected chi connectivity index (χ4v) is 5.01. The van der Waals surface area contributed by atoms with Crippen molar-refractivity contribution < 1.29 is 24.4 Å². The molecule has 0 atom stereocenters. The summed E-state index contributed by atoms with van der Waals surface area (Å²) in [5, 5.41) is 14.2. The van der Waals surface area contributed by atoms with E-state index in [4.69, 9.17) is 0 Å². The Morgan fingerprint density at radius 3 is 1.03 bits per heavy atom. The van der Waals surface area contributed by atoms with E-state index in [9.17, 15) is 24.4 Å². The quantitative estimate of drug-likeness (QED) is 0.682. The lowest BCUT2D eigenvalue weighted by atomic mass is 9.98. The van der Waals surface area contributed by atoms with Crippen LogP contribution in [0.15, 0.2) is 59.9 Å². The van der Waals surface area contributed by atoms with Gasteiger partial charge in [0.15, 0.2) is 0 Å². The lowest BCUT2D eigenvalue weighted by Gasteiger charge is -2.35. The van der Waals surface area contributed by atoms with Crippen LogP contribution in [0, 0.1) is 0 Å². The number of rotatable bonds is 2. The van der Waals surface area contributed by atoms with Crippen molar-refractivity contribution >= 4 is 23.6 Å². The molecular formula is C24H20N3O5. The van der Waals surface area contributed by atoms with Crippen LogP contribution >= 0.6 is 0 Å². The van der Waals surface area contributed by atoms with Gasteiger partial charge in [0.2, 0.25) is 0 Å². The van der Waals surface area contributed by atoms with Gasteiger partial charge in [0.1, 0.15) is 0 Å². The molecule has 2 aromatic rings. The average molecular weight is 430 g/mol. The van der Waals surface area contributed by atoms with Crippen molar-refractivity contribution in [2.75, 3.05) is 0 Å². The van der Waals surface area contributed by atoms with Gasteiger partial charge in [0.25, 0.3) is 23.6 Å². The molecule has 0 N–H and O–H groups in total. The van der Waals surface area contributed by atoms with Gasteiger partial charge >= 0.3 is 0 Å². The second-order valence-electron chi connectivity index (χ2n) is 9.09. The molecule has 4 amide bonds. The number of carbonyl (C=O) groups excluding carboxylic acids is 4. The maximum Gasteiger partial charge on any atom is 0.266 e. The summed E-state index contributed by atoms with van der Waals surface area (Å²) in [6, 6.07) is 12.8. The van der Waals surface area contributed by atoms with E-state index in [1.54, 1.807) is 76.2 Å². The zero-order valence-electron chi connectivity index (χ0n) is 18.0. The first-order valence-corrected chi connectivity index (χ1v) is 10.2. The van der Waals surface area contributed by atoms with Gasteiger partial charge in [-0.3, -0.25) is 19.2 Å². The molecule has 3 aliphatic rings. The number of imide groups is 2. The highest BCUT2D eigenvalue weighted by atomic mass is 16.5. The van der Waals surface area contributed by atoms with Gasteiger partial charge in [-0.05, 0) is 52.0 Å². The van der Waals surface area contributed by atoms with Gasteiger partial charge in [-0.15, -0.1) is 10.3 Å². The SMILES string of the molecule is CC1(C)C(N2C(=O)c3ccccc3C2=O)=C(N2C(=O)c3ccccc3C2=O)C(C)(C)N1[O]. The third-order valence-corrected chi connectivity index (χ3v) is 6.43. The third kappa shape index (κ3) is 2.28. The number of fused-ring (bicyclic) bond motifs is 2. The molecule has 5 rings (SSSR count). The zero-order chi connectivity index (χ0) is 23.2. The van der Waals surface area contributed by atoms with E-state index in [-0.39, 0.29) is 33.6 Å². The summed E-state index contributed by atoms with van der Waals surface area (Å²) in [7, 11) is 0. The van der Waals surface area contributed by atoms with Crippen molar-refractivity contribution in [3.05, 3.63) is 82.2 Å². The Labute approximate surface area is 184 Å². The Bertz CT molecular complexity index is 1120. The third-order valence-electron chi connectivity index (χ3n) is 6.43. The highest BCUT2D eigenvalue weighted by molar-refractivity contribution is 6.24. The largest absolute Gasteiger partial charge is 0.268 e. The standard InChI is InChI=1S/C24H20N3O5/c1-23(2)17(25-19(28)13-9-5-6-10-14(13)20(25)29)18(24(3,4)27(23)32)26-21(30)15-11-7-8-12-16(15)22(26)31/h5-12H,1-4H3. The molecule has 0 fully saturated rings. The second kappa shape index (κ2) is 6.21. The molecule has 0 spiro atoms. The van der Waals surface area contributed by atoms with Gasteiger partial charge in [-0.2, -0.15) is 0 Å². The topological polar surface area (TPSA) is 97.9 Å². The maximum atomic E-state index is 13.4. The second-order valence-corrected chi connectivity index (χ2v) is 9.09. The minimum absolute atomic E-state index is 0.0400. The Morgan fingerprint density at radius 2 is 0.781 bits per heavy atom. The first-order chi connectivity index (χ1) is 15.0. The lowest BCUT2D eigenvalue weighted by molar-refractivity contribution is -0.243. The molecule has 0 bridgehead atoms. The van der Waals surface area contributed by atoms with E-state index in [2.05, 4.69) is 0 Å². The Morgan fingerprint density at radius 1 is 0.531 bits per heavy atom. The monoisotopic (exact) mass is 430 g/mol. The molecule has 161 valence electrons. The van der Waals surface area contributed by atoms with Crippen LogP contribution in [0.5, 0.6) is 0 Å². The van der Waals surface area contributed by atoms with E-state index < -0.39 is 34.7 Å². The number of carbonyl (C=O) groups is 4. The van der Waals surface area contributed by atoms with Gasteiger partial charge in [-0.1, -0.05) is 24.3 Å². The minimum Gasteiger partial charge on any atom is -0.268 e. The average Bonchev–Trinajstić information content (AvgIpc) is 3.21. The molecule has 0 aliphatic carbocycles. The predicted molar refractivity (Wildman–Crippen MR) is 112 cm³/mol. The number of hydrogen-bond donors (Lipinski definition) is 0. The minimum atomic E-state index is -1.37. The lowest BCUT2D eigenvalue weighted by Crippen LogP contribution is -2.51. The van der Waals surface area contributed by atoms with E-state index in [1.807, 2.05) is 0 Å². The molecule has 0 saturated heterocycles. The Hall–Kier alpha value is -3.62. The van der Waals surface area contributed by atoms with Gasteiger partial charge in [0.05, 0.1) is 44.7 Å². The molecule has 2 aromatic carbocycles. The number of hydrogen-bond acceptors (Lipinski definition) is 5. The van der Waals surface area contributed by atoms with Crippen LogP contribution in [0.25, 0.3) is 0 Å². The highest BCUT2D eigenvalue weighted by Gasteiger charge is 2.61. The van der Waals surface area contributed by atoms with Gasteiger partial charge < -0.3 is 0 Å². The van der Waals surface area contributed by atoms with E-state index in [1.165, 1.54) is 0 Å². The van der Waals surface area contributed by atoms with Crippen molar-refractivity contribution in [1.29, 1.82) is 0 Å². The summed E-state index contributed by atoms with van der Waals surface area (Å²) in [6.45, 7) is 6.30. The van der Waals surface area contributed by atoms with E-state index in [0.29, 0.717) is 0 Å². The molecule has 0 saturated carbocycles. The van der Waals surface area contributed by atoms with Gasteiger partial charge in [-0.25, -0.2) is 9.80 Å². The number of benzene rings is 2. The van der Waals surface area contributed by atoms with Gasteiger partial charge in [0, 0.05) is 0 Å². The van der Waals surface area contributed by atoms with Crippen LogP contribution < -0.4 is 0 Å². The Balaban J connectivity index is 1.78. The maximum absolute atomic E-state index is 13.4. The van der Waals surface area contributed by atoms with Crippen LogP contribution in [0.4, 0.5) is 0 Å². The number of nitrogens with zero attached hydrogens (tertiary/aromatic N) is 3. The van der Waals surface area contributed by atoms with Crippen LogP contribution in [0.2, 0.25) is 0 Å². The molecule has 3 aliphatic heterocycles. The van der Waals surface area contributed by atoms with Crippen molar-refractivity contribution in [1.82, 2.24) is 14.9 Å². The molecule has 1 radical (unpaired) electrons. The Kier molecular flexibility index (Phi) is 3.94. The number of amides is 4.